The summed E-state index contributed by atoms with van der Waals surface area (Å²) >= 11 is 0. The molecule has 1 aromatic carbocycles. The summed E-state index contributed by atoms with van der Waals surface area (Å²) < 4.78 is 5.18. The predicted octanol–water partition coefficient (Wildman–Crippen LogP) is 4.24. The third-order valence-corrected chi connectivity index (χ3v) is 3.22. The molecule has 0 fully saturated rings. The summed E-state index contributed by atoms with van der Waals surface area (Å²) in [7, 11) is 1.78. The number of benzene rings is 1. The molecule has 0 heterocycles. The normalized spacial score (nSPS) is 14.7. The highest BCUT2D eigenvalue weighted by molar-refractivity contribution is 5.19. The number of hydrogen-bond donors (Lipinski definition) is 0. The zero-order valence-electron chi connectivity index (χ0n) is 10.8. The van der Waals surface area contributed by atoms with E-state index in [2.05, 4.69) is 44.2 Å². The lowest BCUT2D eigenvalue weighted by Crippen LogP contribution is -2.06. The van der Waals surface area contributed by atoms with Crippen LogP contribution in [0, 0.1) is 5.92 Å². The Hall–Kier alpha value is -0.820. The van der Waals surface area contributed by atoms with Crippen LogP contribution in [0.1, 0.15) is 44.6 Å². The Morgan fingerprint density at radius 2 is 1.81 bits per heavy atom. The van der Waals surface area contributed by atoms with Gasteiger partial charge < -0.3 is 4.74 Å². The molecule has 0 saturated carbocycles. The van der Waals surface area contributed by atoms with Crippen molar-refractivity contribution in [2.45, 2.75) is 39.0 Å². The van der Waals surface area contributed by atoms with Gasteiger partial charge in [0.15, 0.2) is 0 Å². The average Bonchev–Trinajstić information content (AvgIpc) is 2.31. The number of hydrogen-bond acceptors (Lipinski definition) is 1. The third kappa shape index (κ3) is 4.36. The van der Waals surface area contributed by atoms with E-state index in [-0.39, 0.29) is 0 Å². The van der Waals surface area contributed by atoms with Gasteiger partial charge >= 0.3 is 0 Å². The van der Waals surface area contributed by atoms with Gasteiger partial charge in [-0.05, 0) is 36.7 Å². The maximum atomic E-state index is 5.18. The van der Waals surface area contributed by atoms with Crippen LogP contribution >= 0.6 is 0 Å². The molecule has 90 valence electrons. The molecule has 0 aliphatic heterocycles. The standard InChI is InChI=1S/C15H24O/c1-4-14(11-10-13(2)12-16-3)15-8-6-5-7-9-15/h5-9,13-14H,4,10-12H2,1-3H3. The fourth-order valence-corrected chi connectivity index (χ4v) is 2.19. The van der Waals surface area contributed by atoms with Crippen molar-refractivity contribution >= 4 is 0 Å². The maximum Gasteiger partial charge on any atom is 0.0487 e. The zero-order chi connectivity index (χ0) is 11.8. The van der Waals surface area contributed by atoms with Gasteiger partial charge in [0.1, 0.15) is 0 Å². The maximum absolute atomic E-state index is 5.18. The molecule has 0 N–H and O–H groups in total. The van der Waals surface area contributed by atoms with E-state index in [9.17, 15) is 0 Å². The highest BCUT2D eigenvalue weighted by atomic mass is 16.5. The number of methoxy groups -OCH3 is 1. The molecule has 0 bridgehead atoms. The summed E-state index contributed by atoms with van der Waals surface area (Å²) in [4.78, 5) is 0. The van der Waals surface area contributed by atoms with Gasteiger partial charge in [-0.25, -0.2) is 0 Å². The van der Waals surface area contributed by atoms with Crippen molar-refractivity contribution in [2.75, 3.05) is 13.7 Å². The van der Waals surface area contributed by atoms with Gasteiger partial charge in [0.05, 0.1) is 0 Å². The minimum atomic E-state index is 0.669. The first-order chi connectivity index (χ1) is 7.77. The first-order valence-corrected chi connectivity index (χ1v) is 6.31. The Bertz CT molecular complexity index is 268. The molecule has 0 radical (unpaired) electrons. The van der Waals surface area contributed by atoms with Crippen molar-refractivity contribution < 1.29 is 4.74 Å². The second-order valence-corrected chi connectivity index (χ2v) is 4.65. The fourth-order valence-electron chi connectivity index (χ4n) is 2.19. The van der Waals surface area contributed by atoms with Gasteiger partial charge in [-0.3, -0.25) is 0 Å². The summed E-state index contributed by atoms with van der Waals surface area (Å²) in [6.07, 6.45) is 3.75. The molecular weight excluding hydrogens is 196 g/mol. The SMILES string of the molecule is CCC(CCC(C)COC)c1ccccc1. The molecule has 0 saturated heterocycles. The molecule has 0 aliphatic carbocycles. The second-order valence-electron chi connectivity index (χ2n) is 4.65. The van der Waals surface area contributed by atoms with Gasteiger partial charge in [0.25, 0.3) is 0 Å². The van der Waals surface area contributed by atoms with Crippen molar-refractivity contribution in [2.24, 2.45) is 5.92 Å². The minimum absolute atomic E-state index is 0.669. The van der Waals surface area contributed by atoms with Crippen LogP contribution in [0.4, 0.5) is 0 Å². The van der Waals surface area contributed by atoms with E-state index < -0.39 is 0 Å². The molecular formula is C15H24O. The second kappa shape index (κ2) is 7.45. The van der Waals surface area contributed by atoms with E-state index in [0.717, 1.165) is 6.61 Å². The van der Waals surface area contributed by atoms with E-state index >= 15 is 0 Å². The summed E-state index contributed by atoms with van der Waals surface area (Å²) in [5.74, 6) is 1.38. The highest BCUT2D eigenvalue weighted by Crippen LogP contribution is 2.26. The average molecular weight is 220 g/mol. The van der Waals surface area contributed by atoms with E-state index in [1.165, 1.54) is 24.8 Å². The highest BCUT2D eigenvalue weighted by Gasteiger charge is 2.10. The van der Waals surface area contributed by atoms with Crippen molar-refractivity contribution in [1.29, 1.82) is 0 Å². The van der Waals surface area contributed by atoms with Crippen molar-refractivity contribution in [3.8, 4) is 0 Å². The first-order valence-electron chi connectivity index (χ1n) is 6.31. The quantitative estimate of drug-likeness (QED) is 0.667. The van der Waals surface area contributed by atoms with E-state index in [4.69, 9.17) is 4.74 Å². The summed E-state index contributed by atoms with van der Waals surface area (Å²) in [6.45, 7) is 5.42. The molecule has 1 nitrogen and oxygen atoms in total. The van der Waals surface area contributed by atoms with Crippen molar-refractivity contribution in [1.82, 2.24) is 0 Å². The molecule has 0 aromatic heterocycles. The fraction of sp³-hybridized carbons (Fsp3) is 0.600. The lowest BCUT2D eigenvalue weighted by Gasteiger charge is -2.17. The van der Waals surface area contributed by atoms with Gasteiger partial charge in [0, 0.05) is 13.7 Å². The Balaban J connectivity index is 2.44. The lowest BCUT2D eigenvalue weighted by molar-refractivity contribution is 0.153. The van der Waals surface area contributed by atoms with Gasteiger partial charge in [-0.15, -0.1) is 0 Å². The van der Waals surface area contributed by atoms with Gasteiger partial charge in [0.2, 0.25) is 0 Å². The molecule has 0 aliphatic rings. The van der Waals surface area contributed by atoms with Crippen LogP contribution in [0.3, 0.4) is 0 Å². The van der Waals surface area contributed by atoms with Crippen LogP contribution in [0.15, 0.2) is 30.3 Å². The van der Waals surface area contributed by atoms with Crippen LogP contribution in [0.2, 0.25) is 0 Å². The van der Waals surface area contributed by atoms with Gasteiger partial charge in [-0.1, -0.05) is 44.2 Å². The topological polar surface area (TPSA) is 9.23 Å². The van der Waals surface area contributed by atoms with Crippen LogP contribution in [-0.4, -0.2) is 13.7 Å². The summed E-state index contributed by atoms with van der Waals surface area (Å²) in [5.41, 5.74) is 1.48. The number of ether oxygens (including phenoxy) is 1. The largest absolute Gasteiger partial charge is 0.384 e. The molecule has 1 aromatic rings. The Morgan fingerprint density at radius 1 is 1.12 bits per heavy atom. The molecule has 1 heteroatoms. The smallest absolute Gasteiger partial charge is 0.0487 e. The molecule has 0 spiro atoms. The Morgan fingerprint density at radius 3 is 2.38 bits per heavy atom. The van der Waals surface area contributed by atoms with Crippen LogP contribution in [0.5, 0.6) is 0 Å². The molecule has 2 atom stereocenters. The van der Waals surface area contributed by atoms with Gasteiger partial charge in [-0.2, -0.15) is 0 Å². The van der Waals surface area contributed by atoms with Crippen LogP contribution in [-0.2, 0) is 4.74 Å². The first kappa shape index (κ1) is 13.2. The number of rotatable bonds is 7. The monoisotopic (exact) mass is 220 g/mol. The van der Waals surface area contributed by atoms with E-state index in [1.807, 2.05) is 0 Å². The third-order valence-electron chi connectivity index (χ3n) is 3.22. The van der Waals surface area contributed by atoms with Crippen LogP contribution in [0.25, 0.3) is 0 Å². The predicted molar refractivity (Wildman–Crippen MR) is 69.7 cm³/mol. The van der Waals surface area contributed by atoms with Crippen LogP contribution < -0.4 is 0 Å². The Kier molecular flexibility index (Phi) is 6.17. The molecule has 0 amide bonds. The Labute approximate surface area is 99.8 Å². The van der Waals surface area contributed by atoms with Crippen molar-refractivity contribution in [3.63, 3.8) is 0 Å². The summed E-state index contributed by atoms with van der Waals surface area (Å²) in [5, 5.41) is 0. The zero-order valence-corrected chi connectivity index (χ0v) is 10.8. The minimum Gasteiger partial charge on any atom is -0.384 e. The molecule has 2 unspecified atom stereocenters. The van der Waals surface area contributed by atoms with Crippen molar-refractivity contribution in [3.05, 3.63) is 35.9 Å². The molecule has 16 heavy (non-hydrogen) atoms. The lowest BCUT2D eigenvalue weighted by atomic mass is 9.89. The molecule has 1 rings (SSSR count). The summed E-state index contributed by atoms with van der Waals surface area (Å²) in [6, 6.07) is 10.8. The van der Waals surface area contributed by atoms with E-state index in [0.29, 0.717) is 11.8 Å². The van der Waals surface area contributed by atoms with E-state index in [1.54, 1.807) is 7.11 Å².